The van der Waals surface area contributed by atoms with E-state index in [1.807, 2.05) is 12.1 Å². The number of methoxy groups -OCH3 is 1. The number of phenols is 1. The highest BCUT2D eigenvalue weighted by Crippen LogP contribution is 2.39. The highest BCUT2D eigenvalue weighted by Gasteiger charge is 2.31. The number of nitrogens with zero attached hydrogens (tertiary/aromatic N) is 3. The van der Waals surface area contributed by atoms with Crippen molar-refractivity contribution < 1.29 is 19.4 Å². The number of hydrogen-bond acceptors (Lipinski definition) is 6. The minimum atomic E-state index is -0.302. The van der Waals surface area contributed by atoms with Gasteiger partial charge in [0, 0.05) is 61.4 Å². The van der Waals surface area contributed by atoms with Gasteiger partial charge in [0.05, 0.1) is 7.11 Å². The number of carbonyl (C=O) groups is 1. The molecule has 0 atom stereocenters. The maximum absolute atomic E-state index is 13.0. The highest BCUT2D eigenvalue weighted by molar-refractivity contribution is 6.16. The van der Waals surface area contributed by atoms with Gasteiger partial charge in [-0.3, -0.25) is 9.69 Å². The highest BCUT2D eigenvalue weighted by atomic mass is 16.5. The lowest BCUT2D eigenvalue weighted by atomic mass is 10.1. The number of likely N-dealkylation sites (N-methyl/N-ethyl adjacent to an activating group) is 1. The van der Waals surface area contributed by atoms with Crippen molar-refractivity contribution >= 4 is 22.8 Å². The third-order valence-corrected chi connectivity index (χ3v) is 6.77. The number of allylic oxidation sites excluding steroid dienone is 1. The lowest BCUT2D eigenvalue weighted by Gasteiger charge is -2.32. The molecule has 1 saturated heterocycles. The quantitative estimate of drug-likeness (QED) is 0.604. The van der Waals surface area contributed by atoms with Crippen LogP contribution >= 0.6 is 0 Å². The molecule has 0 unspecified atom stereocenters. The van der Waals surface area contributed by atoms with Crippen molar-refractivity contribution in [1.82, 2.24) is 14.4 Å². The summed E-state index contributed by atoms with van der Waals surface area (Å²) in [5.74, 6) is 1.01. The van der Waals surface area contributed by atoms with Crippen molar-refractivity contribution in [2.75, 3.05) is 46.9 Å². The van der Waals surface area contributed by atoms with Crippen LogP contribution in [0.4, 0.5) is 0 Å². The Labute approximate surface area is 193 Å². The van der Waals surface area contributed by atoms with Crippen LogP contribution in [-0.2, 0) is 6.54 Å². The number of aromatic nitrogens is 1. The van der Waals surface area contributed by atoms with E-state index in [0.29, 0.717) is 5.75 Å². The molecule has 2 aliphatic heterocycles. The molecular weight excluding hydrogens is 418 g/mol. The van der Waals surface area contributed by atoms with Gasteiger partial charge in [0.25, 0.3) is 0 Å². The van der Waals surface area contributed by atoms with Crippen LogP contribution in [0, 0.1) is 6.92 Å². The molecule has 1 N–H and O–H groups in total. The summed E-state index contributed by atoms with van der Waals surface area (Å²) in [5.41, 5.74) is 3.31. The van der Waals surface area contributed by atoms with Crippen LogP contribution in [0.3, 0.4) is 0 Å². The normalized spacial score (nSPS) is 18.2. The van der Waals surface area contributed by atoms with E-state index in [0.717, 1.165) is 67.2 Å². The van der Waals surface area contributed by atoms with Crippen LogP contribution in [0.25, 0.3) is 17.0 Å². The van der Waals surface area contributed by atoms with Crippen molar-refractivity contribution in [2.45, 2.75) is 13.5 Å². The molecule has 7 nitrogen and oxygen atoms in total. The summed E-state index contributed by atoms with van der Waals surface area (Å²) in [4.78, 5) is 17.8. The number of ether oxygens (including phenoxy) is 2. The number of Topliss-reactive ketones (excluding diaryl/α,β-unsaturated/α-hetero) is 1. The molecule has 0 bridgehead atoms. The van der Waals surface area contributed by atoms with E-state index in [-0.39, 0.29) is 22.9 Å². The first kappa shape index (κ1) is 21.6. The molecule has 0 aliphatic carbocycles. The molecule has 1 fully saturated rings. The number of carbonyl (C=O) groups excluding carboxylic acids is 1. The maximum atomic E-state index is 13.0. The largest absolute Gasteiger partial charge is 0.507 e. The van der Waals surface area contributed by atoms with Crippen molar-refractivity contribution in [3.63, 3.8) is 0 Å². The minimum Gasteiger partial charge on any atom is -0.507 e. The smallest absolute Gasteiger partial charge is 0.235 e. The zero-order chi connectivity index (χ0) is 23.1. The van der Waals surface area contributed by atoms with Crippen LogP contribution < -0.4 is 9.47 Å². The lowest BCUT2D eigenvalue weighted by molar-refractivity contribution is 0.101. The second-order valence-corrected chi connectivity index (χ2v) is 8.77. The van der Waals surface area contributed by atoms with E-state index in [4.69, 9.17) is 9.47 Å². The third kappa shape index (κ3) is 3.87. The van der Waals surface area contributed by atoms with Gasteiger partial charge in [-0.15, -0.1) is 0 Å². The van der Waals surface area contributed by atoms with Gasteiger partial charge in [0.1, 0.15) is 22.8 Å². The van der Waals surface area contributed by atoms with Gasteiger partial charge in [0.2, 0.25) is 5.78 Å². The molecule has 0 spiro atoms. The summed E-state index contributed by atoms with van der Waals surface area (Å²) in [6, 6.07) is 10.9. The number of aromatic hydroxyl groups is 1. The average molecular weight is 448 g/mol. The molecule has 2 aliphatic rings. The van der Waals surface area contributed by atoms with E-state index in [1.165, 1.54) is 6.07 Å². The van der Waals surface area contributed by atoms with Crippen LogP contribution in [0.2, 0.25) is 0 Å². The number of benzene rings is 2. The number of phenolic OH excluding ortho intramolecular Hbond substituents is 1. The van der Waals surface area contributed by atoms with E-state index in [2.05, 4.69) is 34.4 Å². The minimum absolute atomic E-state index is 0.0612. The van der Waals surface area contributed by atoms with Crippen LogP contribution in [0.15, 0.2) is 42.2 Å². The van der Waals surface area contributed by atoms with Crippen molar-refractivity contribution in [2.24, 2.45) is 0 Å². The Morgan fingerprint density at radius 2 is 1.91 bits per heavy atom. The van der Waals surface area contributed by atoms with E-state index in [9.17, 15) is 9.90 Å². The first-order valence-corrected chi connectivity index (χ1v) is 11.3. The molecule has 5 rings (SSSR count). The van der Waals surface area contributed by atoms with Crippen LogP contribution in [0.5, 0.6) is 17.2 Å². The first-order chi connectivity index (χ1) is 16.0. The monoisotopic (exact) mass is 447 g/mol. The Morgan fingerprint density at radius 1 is 1.12 bits per heavy atom. The SMILES string of the molecule is COc1ccc2c(c1)c(C=C1Oc3cccc(O)c3C1=O)c(C)n2CCN1CCN(C)CC1. The van der Waals surface area contributed by atoms with E-state index >= 15 is 0 Å². The lowest BCUT2D eigenvalue weighted by Crippen LogP contribution is -2.45. The number of piperazine rings is 1. The molecule has 3 aromatic rings. The summed E-state index contributed by atoms with van der Waals surface area (Å²) < 4.78 is 13.6. The number of hydrogen-bond donors (Lipinski definition) is 1. The Hall–Kier alpha value is -3.29. The van der Waals surface area contributed by atoms with Crippen molar-refractivity contribution in [1.29, 1.82) is 0 Å². The summed E-state index contributed by atoms with van der Waals surface area (Å²) >= 11 is 0. The number of rotatable bonds is 5. The summed E-state index contributed by atoms with van der Waals surface area (Å²) in [6.45, 7) is 8.23. The van der Waals surface area contributed by atoms with Crippen molar-refractivity contribution in [3.05, 3.63) is 59.0 Å². The van der Waals surface area contributed by atoms with Gasteiger partial charge < -0.3 is 24.0 Å². The molecule has 172 valence electrons. The van der Waals surface area contributed by atoms with Gasteiger partial charge in [0.15, 0.2) is 5.76 Å². The van der Waals surface area contributed by atoms with Gasteiger partial charge >= 0.3 is 0 Å². The molecule has 0 amide bonds. The standard InChI is InChI=1S/C26H29N3O4/c1-17-19(16-24-26(31)25-22(30)5-4-6-23(25)33-24)20-15-18(32-3)7-8-21(20)29(17)14-13-28-11-9-27(2)10-12-28/h4-8,15-16,30H,9-14H2,1-3H3. The topological polar surface area (TPSA) is 67.2 Å². The molecule has 1 aromatic heterocycles. The Morgan fingerprint density at radius 3 is 2.64 bits per heavy atom. The fourth-order valence-electron chi connectivity index (χ4n) is 4.74. The van der Waals surface area contributed by atoms with E-state index in [1.54, 1.807) is 25.3 Å². The second-order valence-electron chi connectivity index (χ2n) is 8.77. The fraction of sp³-hybridized carbons (Fsp3) is 0.346. The van der Waals surface area contributed by atoms with Gasteiger partial charge in [-0.1, -0.05) is 6.07 Å². The first-order valence-electron chi connectivity index (χ1n) is 11.3. The number of fused-ring (bicyclic) bond motifs is 2. The predicted molar refractivity (Wildman–Crippen MR) is 128 cm³/mol. The predicted octanol–water partition coefficient (Wildman–Crippen LogP) is 3.53. The molecule has 33 heavy (non-hydrogen) atoms. The zero-order valence-corrected chi connectivity index (χ0v) is 19.3. The molecule has 0 saturated carbocycles. The fourth-order valence-corrected chi connectivity index (χ4v) is 4.74. The molecule has 3 heterocycles. The second kappa shape index (κ2) is 8.57. The van der Waals surface area contributed by atoms with Crippen molar-refractivity contribution in [3.8, 4) is 17.2 Å². The molecule has 2 aromatic carbocycles. The average Bonchev–Trinajstić information content (AvgIpc) is 3.27. The van der Waals surface area contributed by atoms with Crippen LogP contribution in [0.1, 0.15) is 21.6 Å². The molecule has 7 heteroatoms. The summed E-state index contributed by atoms with van der Waals surface area (Å²) in [6.07, 6.45) is 1.80. The summed E-state index contributed by atoms with van der Waals surface area (Å²) in [7, 11) is 3.82. The van der Waals surface area contributed by atoms with Gasteiger partial charge in [-0.2, -0.15) is 0 Å². The van der Waals surface area contributed by atoms with Gasteiger partial charge in [-0.05, 0) is 50.4 Å². The van der Waals surface area contributed by atoms with E-state index < -0.39 is 0 Å². The Bertz CT molecular complexity index is 1250. The molecular formula is C26H29N3O4. The van der Waals surface area contributed by atoms with Crippen LogP contribution in [-0.4, -0.2) is 72.1 Å². The third-order valence-electron chi connectivity index (χ3n) is 6.77. The maximum Gasteiger partial charge on any atom is 0.235 e. The zero-order valence-electron chi connectivity index (χ0n) is 19.3. The molecule has 0 radical (unpaired) electrons. The summed E-state index contributed by atoms with van der Waals surface area (Å²) in [5, 5.41) is 11.1. The van der Waals surface area contributed by atoms with Gasteiger partial charge in [-0.25, -0.2) is 0 Å². The Balaban J connectivity index is 1.52. The Kier molecular flexibility index (Phi) is 5.60. The number of ketones is 1.